The van der Waals surface area contributed by atoms with E-state index < -0.39 is 10.9 Å². The summed E-state index contributed by atoms with van der Waals surface area (Å²) in [6.45, 7) is 0.195. The van der Waals surface area contributed by atoms with Gasteiger partial charge >= 0.3 is 5.95 Å². The molecular formula is C5H4ClN7O2. The van der Waals surface area contributed by atoms with Crippen LogP contribution in [0.3, 0.4) is 0 Å². The highest BCUT2D eigenvalue weighted by atomic mass is 35.5. The lowest BCUT2D eigenvalue weighted by atomic mass is 10.6. The summed E-state index contributed by atoms with van der Waals surface area (Å²) in [5, 5.41) is 20.1. The van der Waals surface area contributed by atoms with E-state index in [1.165, 1.54) is 11.0 Å². The molecule has 0 saturated heterocycles. The van der Waals surface area contributed by atoms with Crippen LogP contribution in [-0.4, -0.2) is 34.9 Å². The minimum atomic E-state index is -0.677. The Morgan fingerprint density at radius 2 is 2.47 bits per heavy atom. The van der Waals surface area contributed by atoms with Gasteiger partial charge in [0.05, 0.1) is 0 Å². The molecule has 1 N–H and O–H groups in total. The van der Waals surface area contributed by atoms with Crippen molar-refractivity contribution >= 4 is 17.5 Å². The molecule has 0 aliphatic carbocycles. The molecule has 0 aromatic carbocycles. The Hall–Kier alpha value is -2.03. The average molecular weight is 230 g/mol. The number of hydrogen-bond acceptors (Lipinski definition) is 6. The lowest BCUT2D eigenvalue weighted by Crippen LogP contribution is -2.02. The highest BCUT2D eigenvalue weighted by molar-refractivity contribution is 6.28. The van der Waals surface area contributed by atoms with Gasteiger partial charge in [-0.1, -0.05) is 4.98 Å². The predicted octanol–water partition coefficient (Wildman–Crippen LogP) is 0.00610. The van der Waals surface area contributed by atoms with E-state index in [0.717, 1.165) is 0 Å². The molecule has 0 unspecified atom stereocenters. The van der Waals surface area contributed by atoms with Crippen molar-refractivity contribution in [1.82, 2.24) is 29.9 Å². The Morgan fingerprint density at radius 1 is 1.67 bits per heavy atom. The second-order valence-corrected chi connectivity index (χ2v) is 2.89. The van der Waals surface area contributed by atoms with Crippen LogP contribution >= 0.6 is 11.6 Å². The first-order valence-electron chi connectivity index (χ1n) is 3.76. The highest BCUT2D eigenvalue weighted by Crippen LogP contribution is 2.03. The fourth-order valence-corrected chi connectivity index (χ4v) is 1.09. The fourth-order valence-electron chi connectivity index (χ4n) is 0.941. The van der Waals surface area contributed by atoms with Crippen molar-refractivity contribution in [2.24, 2.45) is 0 Å². The van der Waals surface area contributed by atoms with Crippen LogP contribution in [0.5, 0.6) is 0 Å². The van der Waals surface area contributed by atoms with Crippen molar-refractivity contribution in [1.29, 1.82) is 0 Å². The summed E-state index contributed by atoms with van der Waals surface area (Å²) in [7, 11) is 0. The smallest absolute Gasteiger partial charge is 0.390 e. The molecule has 2 aromatic heterocycles. The molecule has 0 atom stereocenters. The Kier molecular flexibility index (Phi) is 2.29. The van der Waals surface area contributed by atoms with Gasteiger partial charge in [-0.25, -0.2) is 0 Å². The molecule has 2 rings (SSSR count). The van der Waals surface area contributed by atoms with E-state index in [0.29, 0.717) is 5.82 Å². The Balaban J connectivity index is 2.14. The molecule has 2 aromatic rings. The van der Waals surface area contributed by atoms with E-state index in [1.54, 1.807) is 0 Å². The van der Waals surface area contributed by atoms with Crippen molar-refractivity contribution in [3.05, 3.63) is 27.5 Å². The zero-order valence-corrected chi connectivity index (χ0v) is 7.92. The molecule has 0 bridgehead atoms. The lowest BCUT2D eigenvalue weighted by Gasteiger charge is -1.89. The number of halogens is 1. The summed E-state index contributed by atoms with van der Waals surface area (Å²) in [5.41, 5.74) is 0. The molecule has 78 valence electrons. The first-order chi connectivity index (χ1) is 7.15. The molecule has 0 radical (unpaired) electrons. The van der Waals surface area contributed by atoms with Crippen molar-refractivity contribution in [2.45, 2.75) is 6.54 Å². The molecule has 0 amide bonds. The molecule has 0 aliphatic rings. The van der Waals surface area contributed by atoms with Gasteiger partial charge < -0.3 is 10.1 Å². The van der Waals surface area contributed by atoms with Crippen molar-refractivity contribution in [3.8, 4) is 0 Å². The minimum Gasteiger partial charge on any atom is -0.390 e. The number of nitrogens with one attached hydrogen (secondary N) is 1. The third kappa shape index (κ3) is 2.07. The number of nitro groups is 1. The monoisotopic (exact) mass is 229 g/mol. The molecule has 0 saturated carbocycles. The van der Waals surface area contributed by atoms with Gasteiger partial charge in [-0.3, -0.25) is 5.10 Å². The van der Waals surface area contributed by atoms with Crippen LogP contribution in [0.15, 0.2) is 6.33 Å². The summed E-state index contributed by atoms with van der Waals surface area (Å²) >= 11 is 5.48. The molecule has 0 aliphatic heterocycles. The molecule has 9 nitrogen and oxygen atoms in total. The van der Waals surface area contributed by atoms with Crippen LogP contribution in [0, 0.1) is 10.1 Å². The van der Waals surface area contributed by atoms with E-state index in [9.17, 15) is 10.1 Å². The Labute approximate surface area is 87.3 Å². The standard InChI is InChI=1S/C5H4ClN7O2/c6-4-8-3(9-10-4)1-12-2-7-5(11-12)13(14)15/h2H,1H2,(H,8,9,10). The highest BCUT2D eigenvalue weighted by Gasteiger charge is 2.14. The van der Waals surface area contributed by atoms with Crippen LogP contribution in [0.25, 0.3) is 0 Å². The minimum absolute atomic E-state index is 0.0830. The Bertz CT molecular complexity index is 491. The first-order valence-corrected chi connectivity index (χ1v) is 4.13. The number of aromatic amines is 1. The van der Waals surface area contributed by atoms with Gasteiger partial charge in [-0.05, 0) is 16.5 Å². The fraction of sp³-hybridized carbons (Fsp3) is 0.200. The quantitative estimate of drug-likeness (QED) is 0.585. The van der Waals surface area contributed by atoms with E-state index in [-0.39, 0.29) is 11.8 Å². The van der Waals surface area contributed by atoms with Crippen LogP contribution in [0.4, 0.5) is 5.95 Å². The zero-order chi connectivity index (χ0) is 10.8. The third-order valence-corrected chi connectivity index (χ3v) is 1.67. The third-order valence-electron chi connectivity index (χ3n) is 1.50. The summed E-state index contributed by atoms with van der Waals surface area (Å²) < 4.78 is 1.26. The van der Waals surface area contributed by atoms with Crippen molar-refractivity contribution in [3.63, 3.8) is 0 Å². The SMILES string of the molecule is O=[N+]([O-])c1ncn(Cc2nc(Cl)n[nH]2)n1. The molecular weight excluding hydrogens is 226 g/mol. The number of rotatable bonds is 3. The van der Waals surface area contributed by atoms with Gasteiger partial charge in [0.15, 0.2) is 0 Å². The van der Waals surface area contributed by atoms with Crippen molar-refractivity contribution in [2.75, 3.05) is 0 Å². The van der Waals surface area contributed by atoms with Gasteiger partial charge in [0.25, 0.3) is 0 Å². The van der Waals surface area contributed by atoms with Gasteiger partial charge in [0.2, 0.25) is 11.6 Å². The summed E-state index contributed by atoms with van der Waals surface area (Å²) in [5.74, 6) is -0.0135. The molecule has 15 heavy (non-hydrogen) atoms. The van der Waals surface area contributed by atoms with Gasteiger partial charge in [0, 0.05) is 5.10 Å². The maximum absolute atomic E-state index is 10.3. The van der Waals surface area contributed by atoms with E-state index in [1.807, 2.05) is 0 Å². The number of hydrogen-bond donors (Lipinski definition) is 1. The lowest BCUT2D eigenvalue weighted by molar-refractivity contribution is -0.394. The van der Waals surface area contributed by atoms with E-state index >= 15 is 0 Å². The number of H-pyrrole nitrogens is 1. The summed E-state index contributed by atoms with van der Waals surface area (Å²) in [6.07, 6.45) is 1.23. The zero-order valence-electron chi connectivity index (χ0n) is 7.16. The molecule has 0 spiro atoms. The van der Waals surface area contributed by atoms with Crippen LogP contribution in [0.2, 0.25) is 5.28 Å². The molecule has 0 fully saturated rings. The van der Waals surface area contributed by atoms with Gasteiger partial charge in [0.1, 0.15) is 12.4 Å². The molecule has 10 heteroatoms. The second kappa shape index (κ2) is 3.61. The first kappa shape index (κ1) is 9.52. The van der Waals surface area contributed by atoms with Crippen LogP contribution < -0.4 is 0 Å². The van der Waals surface area contributed by atoms with E-state index in [4.69, 9.17) is 11.6 Å². The summed E-state index contributed by atoms with van der Waals surface area (Å²) in [4.78, 5) is 16.9. The summed E-state index contributed by atoms with van der Waals surface area (Å²) in [6, 6.07) is 0. The van der Waals surface area contributed by atoms with Crippen LogP contribution in [0.1, 0.15) is 5.82 Å². The predicted molar refractivity (Wildman–Crippen MR) is 47.2 cm³/mol. The number of nitrogens with zero attached hydrogens (tertiary/aromatic N) is 6. The maximum atomic E-state index is 10.3. The average Bonchev–Trinajstić information content (AvgIpc) is 2.76. The number of aromatic nitrogens is 6. The van der Waals surface area contributed by atoms with E-state index in [2.05, 4.69) is 25.3 Å². The van der Waals surface area contributed by atoms with Crippen LogP contribution in [-0.2, 0) is 6.54 Å². The normalized spacial score (nSPS) is 10.5. The molecule has 2 heterocycles. The largest absolute Gasteiger partial charge is 0.490 e. The second-order valence-electron chi connectivity index (χ2n) is 2.55. The Morgan fingerprint density at radius 3 is 3.00 bits per heavy atom. The topological polar surface area (TPSA) is 115 Å². The maximum Gasteiger partial charge on any atom is 0.490 e. The van der Waals surface area contributed by atoms with Gasteiger partial charge in [-0.15, -0.1) is 5.10 Å². The van der Waals surface area contributed by atoms with Crippen molar-refractivity contribution < 1.29 is 4.92 Å². The van der Waals surface area contributed by atoms with Gasteiger partial charge in [-0.2, -0.15) is 9.67 Å².